The van der Waals surface area contributed by atoms with E-state index in [1.54, 1.807) is 12.1 Å². The quantitative estimate of drug-likeness (QED) is 0.468. The van der Waals surface area contributed by atoms with Crippen LogP contribution in [-0.4, -0.2) is 41.2 Å². The van der Waals surface area contributed by atoms with E-state index in [-0.39, 0.29) is 41.9 Å². The van der Waals surface area contributed by atoms with E-state index < -0.39 is 24.5 Å². The summed E-state index contributed by atoms with van der Waals surface area (Å²) in [6.07, 6.45) is 3.91. The van der Waals surface area contributed by atoms with E-state index in [0.29, 0.717) is 5.69 Å². The number of hydrogen-bond donors (Lipinski definition) is 1. The Labute approximate surface area is 204 Å². The summed E-state index contributed by atoms with van der Waals surface area (Å²) < 4.78 is 5.36. The zero-order valence-corrected chi connectivity index (χ0v) is 19.8. The molecule has 0 unspecified atom stereocenters. The minimum absolute atomic E-state index is 0.159. The van der Waals surface area contributed by atoms with Crippen LogP contribution in [-0.2, 0) is 36.8 Å². The molecule has 2 aliphatic carbocycles. The Morgan fingerprint density at radius 2 is 1.57 bits per heavy atom. The van der Waals surface area contributed by atoms with Crippen LogP contribution in [0.3, 0.4) is 0 Å². The molecule has 0 aromatic heterocycles. The maximum atomic E-state index is 13.4. The number of hydrogen-bond acceptors (Lipinski definition) is 5. The molecule has 7 heteroatoms. The van der Waals surface area contributed by atoms with E-state index >= 15 is 0 Å². The molecule has 0 radical (unpaired) electrons. The molecule has 1 saturated heterocycles. The fraction of sp³-hybridized carbons (Fsp3) is 0.429. The Morgan fingerprint density at radius 1 is 0.943 bits per heavy atom. The van der Waals surface area contributed by atoms with E-state index in [1.165, 1.54) is 0 Å². The van der Waals surface area contributed by atoms with E-state index in [0.717, 1.165) is 41.7 Å². The summed E-state index contributed by atoms with van der Waals surface area (Å²) in [6, 6.07) is 15.6. The second-order valence-corrected chi connectivity index (χ2v) is 9.84. The van der Waals surface area contributed by atoms with Crippen LogP contribution >= 0.6 is 0 Å². The van der Waals surface area contributed by atoms with Crippen molar-refractivity contribution in [2.75, 3.05) is 11.9 Å². The van der Waals surface area contributed by atoms with Gasteiger partial charge in [-0.1, -0.05) is 49.4 Å². The lowest BCUT2D eigenvalue weighted by Crippen LogP contribution is -2.48. The average molecular weight is 475 g/mol. The molecule has 3 aliphatic rings. The average Bonchev–Trinajstić information content (AvgIpc) is 3.56. The van der Waals surface area contributed by atoms with Crippen molar-refractivity contribution in [2.24, 2.45) is 23.7 Å². The standard InChI is InChI=1S/C28H30N2O5/c1-2-17-8-12-21(13-9-17)29-23(31)16-35-28(34)22(14-18-6-4-3-5-7-18)30-26(32)24-19-10-11-20(15-19)25(24)27(30)33/h3-9,12-13,19-20,22,24-25H,2,10-11,14-16H2,1H3,(H,29,31)/t19-,20-,22-,24+,25+/m0/s1. The third kappa shape index (κ3) is 4.47. The van der Waals surface area contributed by atoms with Crippen LogP contribution in [0.1, 0.15) is 37.3 Å². The summed E-state index contributed by atoms with van der Waals surface area (Å²) in [4.78, 5) is 53.5. The van der Waals surface area contributed by atoms with Gasteiger partial charge in [-0.05, 0) is 60.8 Å². The van der Waals surface area contributed by atoms with E-state index in [9.17, 15) is 19.2 Å². The van der Waals surface area contributed by atoms with E-state index in [4.69, 9.17) is 4.74 Å². The number of amides is 3. The first kappa shape index (κ1) is 23.3. The van der Waals surface area contributed by atoms with Gasteiger partial charge < -0.3 is 10.1 Å². The highest BCUT2D eigenvalue weighted by atomic mass is 16.5. The molecule has 3 fully saturated rings. The number of carbonyl (C=O) groups excluding carboxylic acids is 4. The van der Waals surface area contributed by atoms with Crippen molar-refractivity contribution in [2.45, 2.75) is 45.1 Å². The second-order valence-electron chi connectivity index (χ2n) is 9.84. The number of carbonyl (C=O) groups is 4. The first-order valence-electron chi connectivity index (χ1n) is 12.4. The van der Waals surface area contributed by atoms with Crippen molar-refractivity contribution in [3.8, 4) is 0 Å². The smallest absolute Gasteiger partial charge is 0.330 e. The van der Waals surface area contributed by atoms with Crippen molar-refractivity contribution >= 4 is 29.4 Å². The van der Waals surface area contributed by atoms with Gasteiger partial charge in [0.15, 0.2) is 6.61 Å². The lowest BCUT2D eigenvalue weighted by Gasteiger charge is -2.26. The molecular formula is C28H30N2O5. The van der Waals surface area contributed by atoms with Crippen molar-refractivity contribution in [1.29, 1.82) is 0 Å². The molecule has 182 valence electrons. The number of rotatable bonds is 8. The normalized spacial score (nSPS) is 25.5. The molecule has 1 N–H and O–H groups in total. The van der Waals surface area contributed by atoms with Crippen LogP contribution in [0, 0.1) is 23.7 Å². The molecule has 7 nitrogen and oxygen atoms in total. The number of likely N-dealkylation sites (tertiary alicyclic amines) is 1. The minimum atomic E-state index is -1.08. The number of fused-ring (bicyclic) bond motifs is 5. The SMILES string of the molecule is CCc1ccc(NC(=O)COC(=O)[C@H](Cc2ccccc2)N2C(=O)[C@@H]3[C@H]4CC[C@@H](C4)[C@H]3C2=O)cc1. The fourth-order valence-electron chi connectivity index (χ4n) is 6.11. The number of nitrogens with one attached hydrogen (secondary N) is 1. The Bertz CT molecular complexity index is 1100. The van der Waals surface area contributed by atoms with Crippen molar-refractivity contribution in [1.82, 2.24) is 4.90 Å². The summed E-state index contributed by atoms with van der Waals surface area (Å²) in [5.74, 6) is -1.91. The van der Waals surface area contributed by atoms with Gasteiger partial charge in [0.05, 0.1) is 11.8 Å². The molecule has 5 atom stereocenters. The number of anilines is 1. The third-order valence-electron chi connectivity index (χ3n) is 7.81. The molecule has 2 saturated carbocycles. The fourth-order valence-corrected chi connectivity index (χ4v) is 6.11. The first-order chi connectivity index (χ1) is 17.0. The third-order valence-corrected chi connectivity index (χ3v) is 7.81. The summed E-state index contributed by atoms with van der Waals surface area (Å²) in [7, 11) is 0. The second kappa shape index (κ2) is 9.64. The summed E-state index contributed by atoms with van der Waals surface area (Å²) in [6.45, 7) is 1.56. The highest BCUT2D eigenvalue weighted by Gasteiger charge is 2.62. The van der Waals surface area contributed by atoms with Crippen LogP contribution < -0.4 is 5.32 Å². The maximum Gasteiger partial charge on any atom is 0.330 e. The van der Waals surface area contributed by atoms with E-state index in [1.807, 2.05) is 49.4 Å². The predicted octanol–water partition coefficient (Wildman–Crippen LogP) is 3.37. The Morgan fingerprint density at radius 3 is 2.17 bits per heavy atom. The molecule has 2 bridgehead atoms. The predicted molar refractivity (Wildman–Crippen MR) is 129 cm³/mol. The number of nitrogens with zero attached hydrogens (tertiary/aromatic N) is 1. The topological polar surface area (TPSA) is 92.8 Å². The lowest BCUT2D eigenvalue weighted by molar-refractivity contribution is -0.160. The molecule has 1 heterocycles. The number of benzene rings is 2. The lowest BCUT2D eigenvalue weighted by atomic mass is 9.81. The van der Waals surface area contributed by atoms with Crippen LogP contribution in [0.25, 0.3) is 0 Å². The molecule has 2 aromatic rings. The van der Waals surface area contributed by atoms with Gasteiger partial charge in [-0.15, -0.1) is 0 Å². The Balaban J connectivity index is 1.29. The Hall–Kier alpha value is -3.48. The summed E-state index contributed by atoms with van der Waals surface area (Å²) in [5, 5.41) is 2.71. The van der Waals surface area contributed by atoms with Crippen molar-refractivity contribution in [3.63, 3.8) is 0 Å². The van der Waals surface area contributed by atoms with Gasteiger partial charge in [0.1, 0.15) is 6.04 Å². The molecule has 1 aliphatic heterocycles. The van der Waals surface area contributed by atoms with E-state index in [2.05, 4.69) is 5.32 Å². The zero-order chi connectivity index (χ0) is 24.5. The first-order valence-corrected chi connectivity index (χ1v) is 12.4. The molecule has 0 spiro atoms. The number of esters is 1. The summed E-state index contributed by atoms with van der Waals surface area (Å²) in [5.41, 5.74) is 2.57. The maximum absolute atomic E-state index is 13.4. The van der Waals surface area contributed by atoms with Crippen molar-refractivity contribution in [3.05, 3.63) is 65.7 Å². The Kier molecular flexibility index (Phi) is 6.41. The number of ether oxygens (including phenoxy) is 1. The van der Waals surface area contributed by atoms with Crippen molar-refractivity contribution < 1.29 is 23.9 Å². The van der Waals surface area contributed by atoms with Crippen LogP contribution in [0.5, 0.6) is 0 Å². The van der Waals surface area contributed by atoms with Crippen LogP contribution in [0.4, 0.5) is 5.69 Å². The van der Waals surface area contributed by atoms with Gasteiger partial charge >= 0.3 is 5.97 Å². The van der Waals surface area contributed by atoms with Crippen LogP contribution in [0.2, 0.25) is 0 Å². The summed E-state index contributed by atoms with van der Waals surface area (Å²) >= 11 is 0. The van der Waals surface area contributed by atoms with Gasteiger partial charge in [0, 0.05) is 12.1 Å². The van der Waals surface area contributed by atoms with Gasteiger partial charge in [-0.2, -0.15) is 0 Å². The zero-order valence-electron chi connectivity index (χ0n) is 19.8. The molecule has 35 heavy (non-hydrogen) atoms. The van der Waals surface area contributed by atoms with Gasteiger partial charge in [0.25, 0.3) is 5.91 Å². The highest BCUT2D eigenvalue weighted by Crippen LogP contribution is 2.56. The van der Waals surface area contributed by atoms with Gasteiger partial charge in [-0.25, -0.2) is 4.79 Å². The number of imide groups is 1. The van der Waals surface area contributed by atoms with Crippen LogP contribution in [0.15, 0.2) is 54.6 Å². The number of aryl methyl sites for hydroxylation is 1. The molecular weight excluding hydrogens is 444 g/mol. The van der Waals surface area contributed by atoms with Gasteiger partial charge in [0.2, 0.25) is 11.8 Å². The monoisotopic (exact) mass is 474 g/mol. The minimum Gasteiger partial charge on any atom is -0.454 e. The molecule has 2 aromatic carbocycles. The largest absolute Gasteiger partial charge is 0.454 e. The highest BCUT2D eigenvalue weighted by molar-refractivity contribution is 6.08. The van der Waals surface area contributed by atoms with Gasteiger partial charge in [-0.3, -0.25) is 19.3 Å². The molecule has 3 amide bonds. The molecule has 5 rings (SSSR count).